The number of rotatable bonds is 4. The third kappa shape index (κ3) is 5.39. The summed E-state index contributed by atoms with van der Waals surface area (Å²) in [5.74, 6) is -1.48. The van der Waals surface area contributed by atoms with Crippen LogP contribution in [0.25, 0.3) is 6.08 Å². The maximum atomic E-state index is 13.3. The van der Waals surface area contributed by atoms with Crippen LogP contribution in [0.5, 0.6) is 5.75 Å². The minimum absolute atomic E-state index is 0.0542. The van der Waals surface area contributed by atoms with Crippen molar-refractivity contribution in [3.8, 4) is 5.75 Å². The smallest absolute Gasteiger partial charge is 0.407 e. The van der Waals surface area contributed by atoms with Gasteiger partial charge in [0.2, 0.25) is 5.75 Å². The number of nitrogens with one attached hydrogen (secondary N) is 1. The molecule has 1 aromatic carbocycles. The standard InChI is InChI=1S/C14H17FN2O5/c1-14(2,3)22-13(19)16-6-4-5-9-7-10(15)8-11(12(9)18)17(20)21/h4-5,7-8,18H,6H2,1-3H3,(H,16,19). The van der Waals surface area contributed by atoms with E-state index in [4.69, 9.17) is 4.74 Å². The monoisotopic (exact) mass is 312 g/mol. The van der Waals surface area contributed by atoms with Crippen molar-refractivity contribution in [2.45, 2.75) is 26.4 Å². The third-order valence-electron chi connectivity index (χ3n) is 2.34. The molecule has 0 unspecified atom stereocenters. The number of carbonyl (C=O) groups excluding carboxylic acids is 1. The van der Waals surface area contributed by atoms with Crippen LogP contribution in [-0.4, -0.2) is 28.3 Å². The first kappa shape index (κ1) is 17.4. The Kier molecular flexibility index (Phi) is 5.44. The zero-order valence-corrected chi connectivity index (χ0v) is 12.4. The molecule has 0 saturated heterocycles. The number of ether oxygens (including phenoxy) is 1. The van der Waals surface area contributed by atoms with Crippen molar-refractivity contribution in [1.82, 2.24) is 5.32 Å². The predicted molar refractivity (Wildman–Crippen MR) is 78.0 cm³/mol. The molecule has 0 aliphatic rings. The van der Waals surface area contributed by atoms with Crippen molar-refractivity contribution in [3.63, 3.8) is 0 Å². The molecule has 0 heterocycles. The lowest BCUT2D eigenvalue weighted by atomic mass is 10.1. The number of hydrogen-bond acceptors (Lipinski definition) is 5. The van der Waals surface area contributed by atoms with E-state index in [9.17, 15) is 24.4 Å². The SMILES string of the molecule is CC(C)(C)OC(=O)NCC=Cc1cc(F)cc([N+](=O)[O-])c1O. The number of nitrogens with zero attached hydrogens (tertiary/aromatic N) is 1. The Morgan fingerprint density at radius 3 is 2.68 bits per heavy atom. The Morgan fingerprint density at radius 1 is 1.50 bits per heavy atom. The van der Waals surface area contributed by atoms with Crippen LogP contribution in [0.1, 0.15) is 26.3 Å². The molecule has 2 N–H and O–H groups in total. The van der Waals surface area contributed by atoms with Gasteiger partial charge in [-0.1, -0.05) is 12.2 Å². The minimum Gasteiger partial charge on any atom is -0.502 e. The van der Waals surface area contributed by atoms with Gasteiger partial charge in [-0.3, -0.25) is 10.1 Å². The average molecular weight is 312 g/mol. The van der Waals surface area contributed by atoms with Gasteiger partial charge in [0, 0.05) is 12.1 Å². The number of alkyl carbamates (subject to hydrolysis) is 1. The molecule has 1 aromatic rings. The van der Waals surface area contributed by atoms with Gasteiger partial charge in [0.25, 0.3) is 0 Å². The highest BCUT2D eigenvalue weighted by atomic mass is 19.1. The van der Waals surface area contributed by atoms with E-state index < -0.39 is 33.9 Å². The van der Waals surface area contributed by atoms with Crippen molar-refractivity contribution in [2.24, 2.45) is 0 Å². The zero-order chi connectivity index (χ0) is 16.9. The van der Waals surface area contributed by atoms with Gasteiger partial charge in [0.1, 0.15) is 11.4 Å². The number of hydrogen-bond donors (Lipinski definition) is 2. The van der Waals surface area contributed by atoms with Gasteiger partial charge in [0.05, 0.1) is 11.0 Å². The maximum Gasteiger partial charge on any atom is 0.407 e. The lowest BCUT2D eigenvalue weighted by molar-refractivity contribution is -0.386. The van der Waals surface area contributed by atoms with Crippen LogP contribution in [0.4, 0.5) is 14.9 Å². The van der Waals surface area contributed by atoms with Crippen LogP contribution in [-0.2, 0) is 4.74 Å². The summed E-state index contributed by atoms with van der Waals surface area (Å²) in [7, 11) is 0. The second-order valence-electron chi connectivity index (χ2n) is 5.41. The summed E-state index contributed by atoms with van der Waals surface area (Å²) in [6.07, 6.45) is 2.04. The fraction of sp³-hybridized carbons (Fsp3) is 0.357. The summed E-state index contributed by atoms with van der Waals surface area (Å²) in [6, 6.07) is 1.58. The van der Waals surface area contributed by atoms with Gasteiger partial charge in [-0.05, 0) is 26.8 Å². The molecule has 0 spiro atoms. The van der Waals surface area contributed by atoms with Gasteiger partial charge in [-0.25, -0.2) is 9.18 Å². The molecule has 0 bridgehead atoms. The quantitative estimate of drug-likeness (QED) is 0.657. The molecule has 1 rings (SSSR count). The van der Waals surface area contributed by atoms with Crippen molar-refractivity contribution >= 4 is 17.9 Å². The van der Waals surface area contributed by atoms with Crippen molar-refractivity contribution < 1.29 is 24.0 Å². The molecular weight excluding hydrogens is 295 g/mol. The van der Waals surface area contributed by atoms with Crippen LogP contribution in [0.2, 0.25) is 0 Å². The summed E-state index contributed by atoms with van der Waals surface area (Å²) in [6.45, 7) is 5.20. The van der Waals surface area contributed by atoms with Crippen LogP contribution < -0.4 is 5.32 Å². The molecule has 0 aliphatic carbocycles. The number of phenols is 1. The fourth-order valence-electron chi connectivity index (χ4n) is 1.51. The Labute approximate surface area is 126 Å². The molecule has 0 radical (unpaired) electrons. The highest BCUT2D eigenvalue weighted by Crippen LogP contribution is 2.31. The highest BCUT2D eigenvalue weighted by molar-refractivity contribution is 5.68. The molecular formula is C14H17FN2O5. The number of phenolic OH excluding ortho intramolecular Hbond substituents is 1. The number of aromatic hydroxyl groups is 1. The van der Waals surface area contributed by atoms with Crippen LogP contribution in [0.15, 0.2) is 18.2 Å². The molecule has 8 heteroatoms. The summed E-state index contributed by atoms with van der Waals surface area (Å²) >= 11 is 0. The molecule has 0 atom stereocenters. The Bertz CT molecular complexity index is 608. The molecule has 0 saturated carbocycles. The predicted octanol–water partition coefficient (Wildman–Crippen LogP) is 2.98. The summed E-state index contributed by atoms with van der Waals surface area (Å²) in [5.41, 5.74) is -1.41. The van der Waals surface area contributed by atoms with Crippen LogP contribution in [0, 0.1) is 15.9 Å². The van der Waals surface area contributed by atoms with Crippen LogP contribution in [0.3, 0.4) is 0 Å². The maximum absolute atomic E-state index is 13.3. The van der Waals surface area contributed by atoms with Gasteiger partial charge in [-0.15, -0.1) is 0 Å². The molecule has 7 nitrogen and oxygen atoms in total. The van der Waals surface area contributed by atoms with E-state index >= 15 is 0 Å². The van der Waals surface area contributed by atoms with Gasteiger partial charge < -0.3 is 15.2 Å². The van der Waals surface area contributed by atoms with Crippen molar-refractivity contribution in [2.75, 3.05) is 6.54 Å². The summed E-state index contributed by atoms with van der Waals surface area (Å²) < 4.78 is 18.3. The second kappa shape index (κ2) is 6.88. The lowest BCUT2D eigenvalue weighted by Gasteiger charge is -2.19. The topological polar surface area (TPSA) is 102 Å². The molecule has 22 heavy (non-hydrogen) atoms. The van der Waals surface area contributed by atoms with Crippen molar-refractivity contribution in [1.29, 1.82) is 0 Å². The Hall–Kier alpha value is -2.64. The van der Waals surface area contributed by atoms with Crippen LogP contribution >= 0.6 is 0 Å². The molecule has 120 valence electrons. The second-order valence-corrected chi connectivity index (χ2v) is 5.41. The number of halogens is 1. The summed E-state index contributed by atoms with van der Waals surface area (Å²) in [5, 5.41) is 22.8. The van der Waals surface area contributed by atoms with Gasteiger partial charge >= 0.3 is 11.8 Å². The molecule has 0 aliphatic heterocycles. The van der Waals surface area contributed by atoms with E-state index in [1.807, 2.05) is 0 Å². The van der Waals surface area contributed by atoms with Gasteiger partial charge in [-0.2, -0.15) is 0 Å². The number of nitro benzene ring substituents is 1. The Balaban J connectivity index is 2.72. The van der Waals surface area contributed by atoms with E-state index in [1.54, 1.807) is 20.8 Å². The largest absolute Gasteiger partial charge is 0.502 e. The first-order chi connectivity index (χ1) is 10.1. The number of carbonyl (C=O) groups is 1. The molecule has 0 aromatic heterocycles. The molecule has 0 fully saturated rings. The van der Waals surface area contributed by atoms with E-state index in [-0.39, 0.29) is 12.1 Å². The van der Waals surface area contributed by atoms with Crippen molar-refractivity contribution in [3.05, 3.63) is 39.7 Å². The first-order valence-corrected chi connectivity index (χ1v) is 6.40. The zero-order valence-electron chi connectivity index (χ0n) is 12.4. The normalized spacial score (nSPS) is 11.5. The molecule has 1 amide bonds. The lowest BCUT2D eigenvalue weighted by Crippen LogP contribution is -2.32. The average Bonchev–Trinajstić information content (AvgIpc) is 2.35. The van der Waals surface area contributed by atoms with Gasteiger partial charge in [0.15, 0.2) is 0 Å². The van der Waals surface area contributed by atoms with E-state index in [0.717, 1.165) is 6.07 Å². The third-order valence-corrected chi connectivity index (χ3v) is 2.34. The highest BCUT2D eigenvalue weighted by Gasteiger charge is 2.18. The van der Waals surface area contributed by atoms with E-state index in [0.29, 0.717) is 6.07 Å². The fourth-order valence-corrected chi connectivity index (χ4v) is 1.51. The first-order valence-electron chi connectivity index (χ1n) is 6.40. The Morgan fingerprint density at radius 2 is 2.14 bits per heavy atom. The number of benzene rings is 1. The number of nitro groups is 1. The summed E-state index contributed by atoms with van der Waals surface area (Å²) in [4.78, 5) is 21.1. The minimum atomic E-state index is -0.880. The van der Waals surface area contributed by atoms with E-state index in [2.05, 4.69) is 5.32 Å². The number of amides is 1. The van der Waals surface area contributed by atoms with E-state index in [1.165, 1.54) is 12.2 Å².